The molecule has 1 aliphatic heterocycles. The molecular weight excluding hydrogens is 178 g/mol. The molecule has 1 aromatic carbocycles. The maximum atomic E-state index is 11.5. The fourth-order valence-corrected chi connectivity index (χ4v) is 1.53. The van der Waals surface area contributed by atoms with Gasteiger partial charge in [0.15, 0.2) is 0 Å². The molecule has 0 atom stereocenters. The molecule has 1 aromatic rings. The van der Waals surface area contributed by atoms with E-state index in [0.717, 1.165) is 17.8 Å². The summed E-state index contributed by atoms with van der Waals surface area (Å²) in [5.74, 6) is -0.0198. The highest BCUT2D eigenvalue weighted by Crippen LogP contribution is 2.18. The second-order valence-electron chi connectivity index (χ2n) is 3.27. The molecule has 0 bridgehead atoms. The van der Waals surface area contributed by atoms with Gasteiger partial charge in [0.05, 0.1) is 5.56 Å². The third-order valence-electron chi connectivity index (χ3n) is 2.29. The van der Waals surface area contributed by atoms with Gasteiger partial charge in [0.2, 0.25) is 0 Å². The van der Waals surface area contributed by atoms with Crippen molar-refractivity contribution in [3.05, 3.63) is 29.3 Å². The van der Waals surface area contributed by atoms with Crippen LogP contribution in [0.15, 0.2) is 18.2 Å². The summed E-state index contributed by atoms with van der Waals surface area (Å²) in [5, 5.41) is 6.00. The fourth-order valence-electron chi connectivity index (χ4n) is 1.53. The molecule has 0 spiro atoms. The molecule has 0 saturated carbocycles. The van der Waals surface area contributed by atoms with Crippen LogP contribution in [0.3, 0.4) is 0 Å². The first-order valence-corrected chi connectivity index (χ1v) is 4.66. The topological polar surface area (TPSA) is 67.2 Å². The van der Waals surface area contributed by atoms with Gasteiger partial charge >= 0.3 is 0 Å². The zero-order chi connectivity index (χ0) is 9.97. The van der Waals surface area contributed by atoms with Crippen LogP contribution in [0.5, 0.6) is 0 Å². The normalized spacial score (nSPS) is 15.1. The maximum Gasteiger partial charge on any atom is 0.253 e. The van der Waals surface area contributed by atoms with Crippen LogP contribution in [0.25, 0.3) is 0 Å². The molecule has 0 unspecified atom stereocenters. The maximum absolute atomic E-state index is 11.5. The SMILES string of the molecule is NCc1ccc2c(c1)NCCNC2=O. The minimum atomic E-state index is -0.0198. The van der Waals surface area contributed by atoms with Gasteiger partial charge in [-0.25, -0.2) is 0 Å². The van der Waals surface area contributed by atoms with Gasteiger partial charge in [-0.05, 0) is 17.7 Å². The predicted octanol–water partition coefficient (Wildman–Crippen LogP) is 0.301. The molecule has 1 amide bonds. The Morgan fingerprint density at radius 3 is 2.86 bits per heavy atom. The molecule has 2 rings (SSSR count). The molecule has 4 heteroatoms. The number of carbonyl (C=O) groups is 1. The summed E-state index contributed by atoms with van der Waals surface area (Å²) >= 11 is 0. The molecule has 1 aliphatic rings. The molecule has 4 nitrogen and oxygen atoms in total. The number of rotatable bonds is 1. The molecule has 0 aromatic heterocycles. The molecule has 4 N–H and O–H groups in total. The van der Waals surface area contributed by atoms with Crippen molar-refractivity contribution in [2.45, 2.75) is 6.54 Å². The zero-order valence-corrected chi connectivity index (χ0v) is 7.84. The number of amides is 1. The average molecular weight is 191 g/mol. The molecule has 0 aliphatic carbocycles. The molecule has 0 saturated heterocycles. The second-order valence-corrected chi connectivity index (χ2v) is 3.27. The Balaban J connectivity index is 2.43. The Hall–Kier alpha value is -1.55. The number of hydrogen-bond acceptors (Lipinski definition) is 3. The van der Waals surface area contributed by atoms with Crippen LogP contribution in [0, 0.1) is 0 Å². The van der Waals surface area contributed by atoms with Gasteiger partial charge in [0, 0.05) is 25.3 Å². The first-order valence-electron chi connectivity index (χ1n) is 4.66. The van der Waals surface area contributed by atoms with Crippen LogP contribution >= 0.6 is 0 Å². The van der Waals surface area contributed by atoms with Crippen LogP contribution in [0.2, 0.25) is 0 Å². The monoisotopic (exact) mass is 191 g/mol. The Morgan fingerprint density at radius 2 is 2.07 bits per heavy atom. The van der Waals surface area contributed by atoms with Crippen LogP contribution in [-0.2, 0) is 6.54 Å². The molecule has 0 radical (unpaired) electrons. The van der Waals surface area contributed by atoms with Crippen molar-refractivity contribution in [2.24, 2.45) is 5.73 Å². The summed E-state index contributed by atoms with van der Waals surface area (Å²) in [6.07, 6.45) is 0. The van der Waals surface area contributed by atoms with E-state index in [1.807, 2.05) is 18.2 Å². The molecule has 14 heavy (non-hydrogen) atoms. The Morgan fingerprint density at radius 1 is 1.29 bits per heavy atom. The van der Waals surface area contributed by atoms with Crippen LogP contribution < -0.4 is 16.4 Å². The molecule has 1 heterocycles. The standard InChI is InChI=1S/C10H13N3O/c11-6-7-1-2-8-9(5-7)12-3-4-13-10(8)14/h1-2,5,12H,3-4,6,11H2,(H,13,14). The smallest absolute Gasteiger partial charge is 0.253 e. The summed E-state index contributed by atoms with van der Waals surface area (Å²) in [6, 6.07) is 5.62. The number of hydrogen-bond donors (Lipinski definition) is 3. The minimum absolute atomic E-state index is 0.0198. The predicted molar refractivity (Wildman–Crippen MR) is 55.2 cm³/mol. The minimum Gasteiger partial charge on any atom is -0.383 e. The second kappa shape index (κ2) is 3.67. The summed E-state index contributed by atoms with van der Waals surface area (Å²) in [7, 11) is 0. The first kappa shape index (κ1) is 9.02. The quantitative estimate of drug-likeness (QED) is 0.598. The van der Waals surface area contributed by atoms with Crippen molar-refractivity contribution in [2.75, 3.05) is 18.4 Å². The molecule has 0 fully saturated rings. The van der Waals surface area contributed by atoms with Gasteiger partial charge in [0.1, 0.15) is 0 Å². The zero-order valence-electron chi connectivity index (χ0n) is 7.84. The Bertz CT molecular complexity index is 362. The summed E-state index contributed by atoms with van der Waals surface area (Å²) < 4.78 is 0. The lowest BCUT2D eigenvalue weighted by Crippen LogP contribution is -2.24. The van der Waals surface area contributed by atoms with Gasteiger partial charge in [-0.15, -0.1) is 0 Å². The summed E-state index contributed by atoms with van der Waals surface area (Å²) in [5.41, 5.74) is 8.13. The van der Waals surface area contributed by atoms with Gasteiger partial charge in [-0.1, -0.05) is 6.07 Å². The van der Waals surface area contributed by atoms with Crippen molar-refractivity contribution >= 4 is 11.6 Å². The van der Waals surface area contributed by atoms with E-state index in [1.54, 1.807) is 0 Å². The van der Waals surface area contributed by atoms with Crippen LogP contribution in [-0.4, -0.2) is 19.0 Å². The van der Waals surface area contributed by atoms with Gasteiger partial charge < -0.3 is 16.4 Å². The number of carbonyl (C=O) groups excluding carboxylic acids is 1. The van der Waals surface area contributed by atoms with Crippen molar-refractivity contribution in [1.29, 1.82) is 0 Å². The molecule has 74 valence electrons. The number of nitrogens with one attached hydrogen (secondary N) is 2. The van der Waals surface area contributed by atoms with Gasteiger partial charge in [0.25, 0.3) is 5.91 Å². The van der Waals surface area contributed by atoms with Crippen LogP contribution in [0.1, 0.15) is 15.9 Å². The van der Waals surface area contributed by atoms with Crippen molar-refractivity contribution in [1.82, 2.24) is 5.32 Å². The van der Waals surface area contributed by atoms with E-state index < -0.39 is 0 Å². The number of fused-ring (bicyclic) bond motifs is 1. The van der Waals surface area contributed by atoms with Gasteiger partial charge in [-0.2, -0.15) is 0 Å². The van der Waals surface area contributed by atoms with E-state index >= 15 is 0 Å². The lowest BCUT2D eigenvalue weighted by molar-refractivity contribution is 0.0958. The lowest BCUT2D eigenvalue weighted by atomic mass is 10.1. The van der Waals surface area contributed by atoms with E-state index in [2.05, 4.69) is 10.6 Å². The fraction of sp³-hybridized carbons (Fsp3) is 0.300. The third kappa shape index (κ3) is 1.56. The third-order valence-corrected chi connectivity index (χ3v) is 2.29. The summed E-state index contributed by atoms with van der Waals surface area (Å²) in [4.78, 5) is 11.5. The van der Waals surface area contributed by atoms with Crippen molar-refractivity contribution in [3.63, 3.8) is 0 Å². The van der Waals surface area contributed by atoms with Crippen LogP contribution in [0.4, 0.5) is 5.69 Å². The highest BCUT2D eigenvalue weighted by molar-refractivity contribution is 6.00. The van der Waals surface area contributed by atoms with E-state index in [1.165, 1.54) is 0 Å². The number of anilines is 1. The van der Waals surface area contributed by atoms with E-state index in [9.17, 15) is 4.79 Å². The van der Waals surface area contributed by atoms with Crippen molar-refractivity contribution in [3.8, 4) is 0 Å². The average Bonchev–Trinajstić information content (AvgIpc) is 2.40. The van der Waals surface area contributed by atoms with Gasteiger partial charge in [-0.3, -0.25) is 4.79 Å². The highest BCUT2D eigenvalue weighted by Gasteiger charge is 2.14. The number of nitrogens with two attached hydrogens (primary N) is 1. The highest BCUT2D eigenvalue weighted by atomic mass is 16.1. The Labute approximate surface area is 82.5 Å². The van der Waals surface area contributed by atoms with Crippen molar-refractivity contribution < 1.29 is 4.79 Å². The number of benzene rings is 1. The first-order chi connectivity index (χ1) is 6.81. The molecular formula is C10H13N3O. The largest absolute Gasteiger partial charge is 0.383 e. The van der Waals surface area contributed by atoms with E-state index in [4.69, 9.17) is 5.73 Å². The van der Waals surface area contributed by atoms with E-state index in [-0.39, 0.29) is 5.91 Å². The Kier molecular flexibility index (Phi) is 2.37. The lowest BCUT2D eigenvalue weighted by Gasteiger charge is -2.07. The van der Waals surface area contributed by atoms with E-state index in [0.29, 0.717) is 18.7 Å². The summed E-state index contributed by atoms with van der Waals surface area (Å²) in [6.45, 7) is 1.91.